The maximum Gasteiger partial charge on any atom is 0.209 e. The first kappa shape index (κ1) is 15.6. The van der Waals surface area contributed by atoms with Gasteiger partial charge in [0.1, 0.15) is 0 Å². The third-order valence-corrected chi connectivity index (χ3v) is 4.22. The molecule has 1 aromatic heterocycles. The predicted molar refractivity (Wildman–Crippen MR) is 81.5 cm³/mol. The van der Waals surface area contributed by atoms with E-state index < -0.39 is 0 Å². The summed E-state index contributed by atoms with van der Waals surface area (Å²) in [6.07, 6.45) is 0.333. The molecule has 0 aliphatic carbocycles. The number of morpholine rings is 1. The molecule has 2 rings (SSSR count). The summed E-state index contributed by atoms with van der Waals surface area (Å²) in [7, 11) is 0. The van der Waals surface area contributed by atoms with Crippen molar-refractivity contribution in [2.75, 3.05) is 37.8 Å². The van der Waals surface area contributed by atoms with Crippen LogP contribution in [0, 0.1) is 0 Å². The summed E-state index contributed by atoms with van der Waals surface area (Å²) < 4.78 is 7.16. The molecular weight excluding hydrogens is 274 g/mol. The lowest BCUT2D eigenvalue weighted by molar-refractivity contribution is -0.0158. The van der Waals surface area contributed by atoms with Gasteiger partial charge in [0, 0.05) is 30.8 Å². The van der Waals surface area contributed by atoms with Gasteiger partial charge in [-0.2, -0.15) is 0 Å². The van der Waals surface area contributed by atoms with Crippen molar-refractivity contribution < 1.29 is 4.74 Å². The zero-order valence-electron chi connectivity index (χ0n) is 12.8. The highest BCUT2D eigenvalue weighted by atomic mass is 32.2. The SMILES string of the molecule is C[C@@H]1CN(CCSc2nnc(C(C)(C)C)n2N)CCO1. The van der Waals surface area contributed by atoms with Gasteiger partial charge in [0.25, 0.3) is 0 Å². The van der Waals surface area contributed by atoms with Crippen molar-refractivity contribution in [3.05, 3.63) is 5.82 Å². The third-order valence-electron chi connectivity index (χ3n) is 3.30. The monoisotopic (exact) mass is 299 g/mol. The first-order valence-corrected chi connectivity index (χ1v) is 8.04. The average Bonchev–Trinajstić information content (AvgIpc) is 2.71. The molecule has 114 valence electrons. The summed E-state index contributed by atoms with van der Waals surface area (Å²) in [5, 5.41) is 9.17. The maximum absolute atomic E-state index is 6.07. The lowest BCUT2D eigenvalue weighted by Gasteiger charge is -2.30. The minimum absolute atomic E-state index is 0.0831. The Morgan fingerprint density at radius 2 is 2.15 bits per heavy atom. The molecule has 0 aromatic carbocycles. The van der Waals surface area contributed by atoms with Crippen molar-refractivity contribution in [2.45, 2.75) is 44.4 Å². The van der Waals surface area contributed by atoms with E-state index in [0.29, 0.717) is 6.10 Å². The van der Waals surface area contributed by atoms with Crippen LogP contribution in [0.25, 0.3) is 0 Å². The minimum atomic E-state index is -0.0831. The van der Waals surface area contributed by atoms with Crippen LogP contribution in [0.1, 0.15) is 33.5 Å². The van der Waals surface area contributed by atoms with Gasteiger partial charge >= 0.3 is 0 Å². The van der Waals surface area contributed by atoms with Crippen molar-refractivity contribution in [1.29, 1.82) is 0 Å². The largest absolute Gasteiger partial charge is 0.376 e. The lowest BCUT2D eigenvalue weighted by atomic mass is 9.96. The van der Waals surface area contributed by atoms with Crippen LogP contribution in [-0.4, -0.2) is 57.9 Å². The Kier molecular flexibility index (Phi) is 4.93. The topological polar surface area (TPSA) is 69.2 Å². The summed E-state index contributed by atoms with van der Waals surface area (Å²) in [5.74, 6) is 7.85. The smallest absolute Gasteiger partial charge is 0.209 e. The molecule has 7 heteroatoms. The second kappa shape index (κ2) is 6.32. The van der Waals surface area contributed by atoms with E-state index in [-0.39, 0.29) is 5.41 Å². The Bertz CT molecular complexity index is 442. The number of nitrogens with two attached hydrogens (primary N) is 1. The van der Waals surface area contributed by atoms with Crippen molar-refractivity contribution in [1.82, 2.24) is 19.8 Å². The second-order valence-corrected chi connectivity index (χ2v) is 7.32. The van der Waals surface area contributed by atoms with Gasteiger partial charge < -0.3 is 10.6 Å². The van der Waals surface area contributed by atoms with Crippen molar-refractivity contribution in [3.63, 3.8) is 0 Å². The van der Waals surface area contributed by atoms with E-state index in [9.17, 15) is 0 Å². The van der Waals surface area contributed by atoms with E-state index in [4.69, 9.17) is 10.6 Å². The van der Waals surface area contributed by atoms with Gasteiger partial charge in [-0.3, -0.25) is 4.90 Å². The molecule has 6 nitrogen and oxygen atoms in total. The van der Waals surface area contributed by atoms with Crippen LogP contribution in [0.2, 0.25) is 0 Å². The molecule has 0 bridgehead atoms. The van der Waals surface area contributed by atoms with Crippen molar-refractivity contribution >= 4 is 11.8 Å². The van der Waals surface area contributed by atoms with Crippen LogP contribution in [0.5, 0.6) is 0 Å². The number of hydrogen-bond donors (Lipinski definition) is 1. The number of rotatable bonds is 4. The number of nitrogens with zero attached hydrogens (tertiary/aromatic N) is 4. The van der Waals surface area contributed by atoms with Crippen molar-refractivity contribution in [3.8, 4) is 0 Å². The molecule has 0 amide bonds. The fourth-order valence-electron chi connectivity index (χ4n) is 2.25. The molecule has 1 saturated heterocycles. The molecule has 0 saturated carbocycles. The Morgan fingerprint density at radius 3 is 2.75 bits per heavy atom. The van der Waals surface area contributed by atoms with Gasteiger partial charge in [0.2, 0.25) is 5.16 Å². The molecule has 1 aromatic rings. The molecule has 1 atom stereocenters. The molecule has 2 heterocycles. The summed E-state index contributed by atoms with van der Waals surface area (Å²) in [4.78, 5) is 2.42. The number of thioether (sulfide) groups is 1. The van der Waals surface area contributed by atoms with E-state index >= 15 is 0 Å². The van der Waals surface area contributed by atoms with Crippen LogP contribution < -0.4 is 5.84 Å². The van der Waals surface area contributed by atoms with Gasteiger partial charge in [-0.15, -0.1) is 10.2 Å². The standard InChI is InChI=1S/C13H25N5OS/c1-10-9-17(5-7-19-10)6-8-20-12-16-15-11(18(12)14)13(2,3)4/h10H,5-9,14H2,1-4H3/t10-/m1/s1. The molecule has 0 unspecified atom stereocenters. The van der Waals surface area contributed by atoms with Gasteiger partial charge in [-0.05, 0) is 6.92 Å². The highest BCUT2D eigenvalue weighted by Gasteiger charge is 2.23. The summed E-state index contributed by atoms with van der Waals surface area (Å²) >= 11 is 1.66. The van der Waals surface area contributed by atoms with Crippen LogP contribution in [-0.2, 0) is 10.2 Å². The lowest BCUT2D eigenvalue weighted by Crippen LogP contribution is -2.42. The van der Waals surface area contributed by atoms with E-state index in [1.165, 1.54) is 0 Å². The van der Waals surface area contributed by atoms with Crippen LogP contribution in [0.3, 0.4) is 0 Å². The normalized spacial score (nSPS) is 21.3. The van der Waals surface area contributed by atoms with Gasteiger partial charge in [0.05, 0.1) is 12.7 Å². The fraction of sp³-hybridized carbons (Fsp3) is 0.846. The number of ether oxygens (including phenoxy) is 1. The van der Waals surface area contributed by atoms with Gasteiger partial charge in [0.15, 0.2) is 5.82 Å². The summed E-state index contributed by atoms with van der Waals surface area (Å²) in [6, 6.07) is 0. The first-order chi connectivity index (χ1) is 9.38. The highest BCUT2D eigenvalue weighted by Crippen LogP contribution is 2.23. The zero-order chi connectivity index (χ0) is 14.8. The average molecular weight is 299 g/mol. The third kappa shape index (κ3) is 3.86. The zero-order valence-corrected chi connectivity index (χ0v) is 13.6. The number of hydrogen-bond acceptors (Lipinski definition) is 6. The maximum atomic E-state index is 6.07. The van der Waals surface area contributed by atoms with E-state index in [0.717, 1.165) is 43.0 Å². The number of aromatic nitrogens is 3. The van der Waals surface area contributed by atoms with Crippen LogP contribution in [0.4, 0.5) is 0 Å². The molecule has 1 fully saturated rings. The van der Waals surface area contributed by atoms with Crippen LogP contribution in [0.15, 0.2) is 5.16 Å². The van der Waals surface area contributed by atoms with Crippen LogP contribution >= 0.6 is 11.8 Å². The molecule has 1 aliphatic rings. The quantitative estimate of drug-likeness (QED) is 0.663. The number of nitrogen functional groups attached to an aromatic ring is 1. The molecular formula is C13H25N5OS. The summed E-state index contributed by atoms with van der Waals surface area (Å²) in [5.41, 5.74) is -0.0831. The second-order valence-electron chi connectivity index (χ2n) is 6.26. The fourth-order valence-corrected chi connectivity index (χ4v) is 3.10. The van der Waals surface area contributed by atoms with Gasteiger partial charge in [-0.25, -0.2) is 4.68 Å². The van der Waals surface area contributed by atoms with Gasteiger partial charge in [-0.1, -0.05) is 32.5 Å². The van der Waals surface area contributed by atoms with Crippen molar-refractivity contribution in [2.24, 2.45) is 0 Å². The predicted octanol–water partition coefficient (Wildman–Crippen LogP) is 1.10. The molecule has 20 heavy (non-hydrogen) atoms. The Labute approximate surface area is 125 Å². The molecule has 0 spiro atoms. The van der Waals surface area contributed by atoms with E-state index in [1.807, 2.05) is 0 Å². The molecule has 1 aliphatic heterocycles. The van der Waals surface area contributed by atoms with E-state index in [2.05, 4.69) is 42.8 Å². The molecule has 0 radical (unpaired) electrons. The molecule has 2 N–H and O–H groups in total. The Balaban J connectivity index is 1.84. The Hall–Kier alpha value is -0.790. The summed E-state index contributed by atoms with van der Waals surface area (Å²) in [6.45, 7) is 12.2. The first-order valence-electron chi connectivity index (χ1n) is 7.05. The highest BCUT2D eigenvalue weighted by molar-refractivity contribution is 7.99. The Morgan fingerprint density at radius 1 is 1.40 bits per heavy atom. The minimum Gasteiger partial charge on any atom is -0.376 e. The van der Waals surface area contributed by atoms with E-state index in [1.54, 1.807) is 16.4 Å².